The van der Waals surface area contributed by atoms with E-state index < -0.39 is 0 Å². The maximum atomic E-state index is 10.3. The molecule has 3 N–H and O–H groups in total. The minimum absolute atomic E-state index is 0.103. The summed E-state index contributed by atoms with van der Waals surface area (Å²) in [6, 6.07) is 0. The molecule has 2 rings (SSSR count). The fourth-order valence-corrected chi connectivity index (χ4v) is 0.903. The maximum Gasteiger partial charge on any atom is 0.407 e. The average Bonchev–Trinajstić information content (AvgIpc) is 2.58. The predicted molar refractivity (Wildman–Crippen MR) is 45.2 cm³/mol. The fourth-order valence-electron chi connectivity index (χ4n) is 0.903. The van der Waals surface area contributed by atoms with Crippen molar-refractivity contribution in [1.82, 2.24) is 16.0 Å². The molecule has 0 aromatic carbocycles. The molecule has 2 heterocycles. The van der Waals surface area contributed by atoms with Gasteiger partial charge in [0.25, 0.3) is 0 Å². The summed E-state index contributed by atoms with van der Waals surface area (Å²) in [5, 5.41) is 8.06. The summed E-state index contributed by atoms with van der Waals surface area (Å²) in [6.45, 7) is 3.36. The van der Waals surface area contributed by atoms with E-state index in [0.29, 0.717) is 19.7 Å². The topological polar surface area (TPSA) is 79.5 Å². The molecule has 6 heteroatoms. The lowest BCUT2D eigenvalue weighted by atomic mass is 10.4. The van der Waals surface area contributed by atoms with Crippen molar-refractivity contribution < 1.29 is 14.3 Å². The fraction of sp³-hybridized carbons (Fsp3) is 0.714. The molecule has 2 fully saturated rings. The molecule has 0 unspecified atom stereocenters. The maximum absolute atomic E-state index is 10.3. The van der Waals surface area contributed by atoms with E-state index in [1.165, 1.54) is 0 Å². The van der Waals surface area contributed by atoms with Crippen molar-refractivity contribution in [2.75, 3.05) is 32.8 Å². The summed E-state index contributed by atoms with van der Waals surface area (Å²) in [6.07, 6.45) is -0.296. The molecule has 2 saturated heterocycles. The van der Waals surface area contributed by atoms with Crippen LogP contribution in [0.15, 0.2) is 0 Å². The summed E-state index contributed by atoms with van der Waals surface area (Å²) >= 11 is 0. The van der Waals surface area contributed by atoms with Gasteiger partial charge in [0.2, 0.25) is 5.91 Å². The van der Waals surface area contributed by atoms with Crippen LogP contribution in [0.1, 0.15) is 0 Å². The number of amides is 2. The average molecular weight is 187 g/mol. The number of nitrogens with one attached hydrogen (secondary N) is 3. The number of ether oxygens (including phenoxy) is 1. The van der Waals surface area contributed by atoms with Crippen molar-refractivity contribution in [2.45, 2.75) is 0 Å². The molecule has 0 atom stereocenters. The van der Waals surface area contributed by atoms with Crippen molar-refractivity contribution in [3.05, 3.63) is 0 Å². The van der Waals surface area contributed by atoms with Crippen molar-refractivity contribution in [2.24, 2.45) is 0 Å². The molecule has 2 aliphatic heterocycles. The zero-order chi connectivity index (χ0) is 9.52. The Bertz CT molecular complexity index is 179. The molecule has 0 radical (unpaired) electrons. The molecular formula is C7H13N3O3. The van der Waals surface area contributed by atoms with Gasteiger partial charge in [-0.2, -0.15) is 0 Å². The van der Waals surface area contributed by atoms with Gasteiger partial charge in [0.05, 0.1) is 13.1 Å². The number of cyclic esters (lactones) is 1. The smallest absolute Gasteiger partial charge is 0.407 e. The molecule has 2 aliphatic rings. The van der Waals surface area contributed by atoms with E-state index in [1.54, 1.807) is 0 Å². The van der Waals surface area contributed by atoms with Crippen LogP contribution in [0.3, 0.4) is 0 Å². The van der Waals surface area contributed by atoms with E-state index in [9.17, 15) is 9.59 Å². The molecule has 0 aliphatic carbocycles. The molecule has 0 spiro atoms. The standard InChI is InChI=1S/C4H8N2O.C3H5NO2/c7-4-3-5-1-2-6-4;5-3-4-1-2-6-3/h5H,1-3H2,(H,6,7);1-2H2,(H,4,5). The largest absolute Gasteiger partial charge is 0.448 e. The van der Waals surface area contributed by atoms with Gasteiger partial charge in [-0.15, -0.1) is 0 Å². The normalized spacial score (nSPS) is 20.6. The zero-order valence-corrected chi connectivity index (χ0v) is 7.26. The summed E-state index contributed by atoms with van der Waals surface area (Å²) in [5.74, 6) is 0.103. The molecule has 6 nitrogen and oxygen atoms in total. The Balaban J connectivity index is 0.000000132. The van der Waals surface area contributed by atoms with Gasteiger partial charge in [0.1, 0.15) is 6.61 Å². The third kappa shape index (κ3) is 4.32. The third-order valence-corrected chi connectivity index (χ3v) is 1.51. The summed E-state index contributed by atoms with van der Waals surface area (Å²) in [4.78, 5) is 20.2. The van der Waals surface area contributed by atoms with E-state index in [4.69, 9.17) is 0 Å². The van der Waals surface area contributed by atoms with Gasteiger partial charge in [-0.3, -0.25) is 4.79 Å². The number of hydrogen-bond acceptors (Lipinski definition) is 4. The molecule has 0 aromatic rings. The molecule has 0 bridgehead atoms. The van der Waals surface area contributed by atoms with E-state index in [2.05, 4.69) is 20.7 Å². The second kappa shape index (κ2) is 5.36. The first-order valence-corrected chi connectivity index (χ1v) is 4.17. The van der Waals surface area contributed by atoms with Crippen molar-refractivity contribution in [3.8, 4) is 0 Å². The van der Waals surface area contributed by atoms with Gasteiger partial charge in [0.15, 0.2) is 0 Å². The quantitative estimate of drug-likeness (QED) is 0.428. The molecule has 74 valence electrons. The predicted octanol–water partition coefficient (Wildman–Crippen LogP) is -1.57. The zero-order valence-electron chi connectivity index (χ0n) is 7.26. The number of rotatable bonds is 0. The molecule has 13 heavy (non-hydrogen) atoms. The third-order valence-electron chi connectivity index (χ3n) is 1.51. The van der Waals surface area contributed by atoms with Crippen LogP contribution in [0.4, 0.5) is 4.79 Å². The highest BCUT2D eigenvalue weighted by atomic mass is 16.6. The first-order valence-electron chi connectivity index (χ1n) is 4.17. The van der Waals surface area contributed by atoms with E-state index >= 15 is 0 Å². The second-order valence-electron chi connectivity index (χ2n) is 2.59. The highest BCUT2D eigenvalue weighted by Gasteiger charge is 2.06. The lowest BCUT2D eigenvalue weighted by Gasteiger charge is -2.11. The molecule has 2 amide bonds. The van der Waals surface area contributed by atoms with Gasteiger partial charge in [-0.1, -0.05) is 0 Å². The van der Waals surface area contributed by atoms with Gasteiger partial charge in [-0.05, 0) is 0 Å². The summed E-state index contributed by atoms with van der Waals surface area (Å²) in [7, 11) is 0. The van der Waals surface area contributed by atoms with Crippen LogP contribution in [0.25, 0.3) is 0 Å². The molecule has 0 aromatic heterocycles. The van der Waals surface area contributed by atoms with E-state index in [-0.39, 0.29) is 12.0 Å². The first kappa shape index (κ1) is 9.79. The highest BCUT2D eigenvalue weighted by Crippen LogP contribution is 1.82. The van der Waals surface area contributed by atoms with Crippen LogP contribution in [-0.4, -0.2) is 44.8 Å². The van der Waals surface area contributed by atoms with Crippen molar-refractivity contribution >= 4 is 12.0 Å². The Hall–Kier alpha value is -1.30. The molecule has 0 saturated carbocycles. The first-order chi connectivity index (χ1) is 6.29. The number of carbonyl (C=O) groups is 2. The van der Waals surface area contributed by atoms with Crippen LogP contribution >= 0.6 is 0 Å². The lowest BCUT2D eigenvalue weighted by molar-refractivity contribution is -0.121. The van der Waals surface area contributed by atoms with E-state index in [1.807, 2.05) is 0 Å². The minimum atomic E-state index is -0.296. The van der Waals surface area contributed by atoms with Crippen LogP contribution in [0.5, 0.6) is 0 Å². The van der Waals surface area contributed by atoms with Crippen molar-refractivity contribution in [3.63, 3.8) is 0 Å². The summed E-state index contributed by atoms with van der Waals surface area (Å²) in [5.41, 5.74) is 0. The Morgan fingerprint density at radius 1 is 1.08 bits per heavy atom. The Morgan fingerprint density at radius 3 is 2.15 bits per heavy atom. The van der Waals surface area contributed by atoms with Crippen LogP contribution < -0.4 is 16.0 Å². The Morgan fingerprint density at radius 2 is 1.92 bits per heavy atom. The van der Waals surface area contributed by atoms with Crippen molar-refractivity contribution in [1.29, 1.82) is 0 Å². The van der Waals surface area contributed by atoms with Crippen LogP contribution in [0, 0.1) is 0 Å². The number of piperazine rings is 1. The van der Waals surface area contributed by atoms with Crippen LogP contribution in [0.2, 0.25) is 0 Å². The van der Waals surface area contributed by atoms with Gasteiger partial charge in [0, 0.05) is 13.1 Å². The lowest BCUT2D eigenvalue weighted by Crippen LogP contribution is -2.44. The minimum Gasteiger partial charge on any atom is -0.448 e. The van der Waals surface area contributed by atoms with Crippen LogP contribution in [-0.2, 0) is 9.53 Å². The van der Waals surface area contributed by atoms with Gasteiger partial charge >= 0.3 is 6.09 Å². The van der Waals surface area contributed by atoms with Gasteiger partial charge in [-0.25, -0.2) is 4.79 Å². The number of hydrogen-bond donors (Lipinski definition) is 3. The molecular weight excluding hydrogens is 174 g/mol. The number of alkyl carbamates (subject to hydrolysis) is 1. The Labute approximate surface area is 76.0 Å². The second-order valence-corrected chi connectivity index (χ2v) is 2.59. The highest BCUT2D eigenvalue weighted by molar-refractivity contribution is 5.78. The Kier molecular flexibility index (Phi) is 4.04. The summed E-state index contributed by atoms with van der Waals surface area (Å²) < 4.78 is 4.40. The van der Waals surface area contributed by atoms with Gasteiger partial charge < -0.3 is 20.7 Å². The SMILES string of the molecule is O=C1CNCCN1.O=C1NCCO1. The number of carbonyl (C=O) groups excluding carboxylic acids is 2. The monoisotopic (exact) mass is 187 g/mol. The van der Waals surface area contributed by atoms with E-state index in [0.717, 1.165) is 13.1 Å².